The standard InChI is InChI=1S/C12H14N4OS/c1-3-9-7(2)18-12(15-9)16-11(17)8-4-5-14-10(13)6-8/h4-6H,3H2,1-2H3,(H2,13,14)(H,15,16,17). The molecule has 0 radical (unpaired) electrons. The van der Waals surface area contributed by atoms with Crippen molar-refractivity contribution in [1.82, 2.24) is 9.97 Å². The number of thiazole rings is 1. The first-order valence-corrected chi connectivity index (χ1v) is 6.41. The van der Waals surface area contributed by atoms with Crippen LogP contribution in [-0.2, 0) is 6.42 Å². The van der Waals surface area contributed by atoms with Crippen LogP contribution in [0.5, 0.6) is 0 Å². The third-order valence-electron chi connectivity index (χ3n) is 2.49. The summed E-state index contributed by atoms with van der Waals surface area (Å²) in [4.78, 5) is 21.3. The molecule has 2 heterocycles. The van der Waals surface area contributed by atoms with Gasteiger partial charge in [0.1, 0.15) is 5.82 Å². The Morgan fingerprint density at radius 2 is 2.33 bits per heavy atom. The predicted octanol–water partition coefficient (Wildman–Crippen LogP) is 2.24. The van der Waals surface area contributed by atoms with Crippen molar-refractivity contribution in [2.24, 2.45) is 0 Å². The van der Waals surface area contributed by atoms with Gasteiger partial charge >= 0.3 is 0 Å². The van der Waals surface area contributed by atoms with Gasteiger partial charge in [0.2, 0.25) is 0 Å². The average molecular weight is 262 g/mol. The Labute approximate surface area is 109 Å². The Bertz CT molecular complexity index is 579. The third kappa shape index (κ3) is 2.65. The summed E-state index contributed by atoms with van der Waals surface area (Å²) >= 11 is 1.48. The first kappa shape index (κ1) is 12.5. The number of nitrogen functional groups attached to an aromatic ring is 1. The minimum absolute atomic E-state index is 0.222. The van der Waals surface area contributed by atoms with Crippen LogP contribution in [0.2, 0.25) is 0 Å². The number of hydrogen-bond acceptors (Lipinski definition) is 5. The molecule has 0 fully saturated rings. The zero-order valence-corrected chi connectivity index (χ0v) is 11.0. The molecule has 0 aliphatic carbocycles. The van der Waals surface area contributed by atoms with Crippen LogP contribution >= 0.6 is 11.3 Å². The van der Waals surface area contributed by atoms with Gasteiger partial charge in [-0.05, 0) is 25.5 Å². The molecule has 0 atom stereocenters. The summed E-state index contributed by atoms with van der Waals surface area (Å²) < 4.78 is 0. The molecule has 5 nitrogen and oxygen atoms in total. The molecular weight excluding hydrogens is 248 g/mol. The smallest absolute Gasteiger partial charge is 0.257 e. The fourth-order valence-corrected chi connectivity index (χ4v) is 2.47. The minimum atomic E-state index is -0.222. The quantitative estimate of drug-likeness (QED) is 0.889. The second kappa shape index (κ2) is 5.14. The van der Waals surface area contributed by atoms with E-state index in [2.05, 4.69) is 15.3 Å². The molecule has 0 spiro atoms. The zero-order chi connectivity index (χ0) is 13.1. The Morgan fingerprint density at radius 1 is 1.56 bits per heavy atom. The number of nitrogens with two attached hydrogens (primary N) is 1. The van der Waals surface area contributed by atoms with E-state index in [1.54, 1.807) is 6.07 Å². The molecule has 6 heteroatoms. The number of amides is 1. The lowest BCUT2D eigenvalue weighted by Crippen LogP contribution is -2.12. The van der Waals surface area contributed by atoms with Crippen molar-refractivity contribution >= 4 is 28.2 Å². The van der Waals surface area contributed by atoms with Crippen molar-refractivity contribution in [2.45, 2.75) is 20.3 Å². The number of nitrogens with zero attached hydrogens (tertiary/aromatic N) is 2. The highest BCUT2D eigenvalue weighted by Crippen LogP contribution is 2.22. The topological polar surface area (TPSA) is 80.9 Å². The maximum Gasteiger partial charge on any atom is 0.257 e. The lowest BCUT2D eigenvalue weighted by atomic mass is 10.2. The molecule has 18 heavy (non-hydrogen) atoms. The maximum absolute atomic E-state index is 11.9. The van der Waals surface area contributed by atoms with E-state index in [1.807, 2.05) is 13.8 Å². The molecule has 2 aromatic rings. The van der Waals surface area contributed by atoms with Crippen molar-refractivity contribution in [1.29, 1.82) is 0 Å². The van der Waals surface area contributed by atoms with Crippen molar-refractivity contribution < 1.29 is 4.79 Å². The van der Waals surface area contributed by atoms with Crippen LogP contribution in [0.1, 0.15) is 27.9 Å². The predicted molar refractivity (Wildman–Crippen MR) is 72.8 cm³/mol. The lowest BCUT2D eigenvalue weighted by Gasteiger charge is -2.01. The number of aryl methyl sites for hydroxylation is 2. The van der Waals surface area contributed by atoms with E-state index in [4.69, 9.17) is 5.73 Å². The summed E-state index contributed by atoms with van der Waals surface area (Å²) in [5.41, 5.74) is 7.03. The second-order valence-corrected chi connectivity index (χ2v) is 5.00. The molecular formula is C12H14N4OS. The van der Waals surface area contributed by atoms with Crippen LogP contribution in [0.25, 0.3) is 0 Å². The number of hydrogen-bond donors (Lipinski definition) is 2. The van der Waals surface area contributed by atoms with E-state index >= 15 is 0 Å². The molecule has 0 saturated carbocycles. The molecule has 1 amide bonds. The Hall–Kier alpha value is -1.95. The molecule has 2 aromatic heterocycles. The Kier molecular flexibility index (Phi) is 3.57. The van der Waals surface area contributed by atoms with E-state index < -0.39 is 0 Å². The van der Waals surface area contributed by atoms with Crippen molar-refractivity contribution in [2.75, 3.05) is 11.1 Å². The van der Waals surface area contributed by atoms with Crippen LogP contribution in [0.4, 0.5) is 10.9 Å². The summed E-state index contributed by atoms with van der Waals surface area (Å²) in [6.07, 6.45) is 2.37. The monoisotopic (exact) mass is 262 g/mol. The Morgan fingerprint density at radius 3 is 2.94 bits per heavy atom. The van der Waals surface area contributed by atoms with Gasteiger partial charge in [0, 0.05) is 16.6 Å². The lowest BCUT2D eigenvalue weighted by molar-refractivity contribution is 0.102. The first-order chi connectivity index (χ1) is 8.60. The van der Waals surface area contributed by atoms with Gasteiger partial charge < -0.3 is 5.73 Å². The largest absolute Gasteiger partial charge is 0.384 e. The van der Waals surface area contributed by atoms with Crippen LogP contribution in [0, 0.1) is 6.92 Å². The van der Waals surface area contributed by atoms with Gasteiger partial charge in [-0.25, -0.2) is 9.97 Å². The molecule has 0 saturated heterocycles. The Balaban J connectivity index is 2.16. The van der Waals surface area contributed by atoms with Gasteiger partial charge in [0.05, 0.1) is 5.69 Å². The highest BCUT2D eigenvalue weighted by Gasteiger charge is 2.11. The normalized spacial score (nSPS) is 10.3. The van der Waals surface area contributed by atoms with Crippen molar-refractivity contribution in [3.05, 3.63) is 34.5 Å². The van der Waals surface area contributed by atoms with Gasteiger partial charge in [-0.2, -0.15) is 0 Å². The van der Waals surface area contributed by atoms with Crippen molar-refractivity contribution in [3.8, 4) is 0 Å². The number of rotatable bonds is 3. The molecule has 0 aliphatic rings. The van der Waals surface area contributed by atoms with Gasteiger partial charge in [-0.15, -0.1) is 11.3 Å². The summed E-state index contributed by atoms with van der Waals surface area (Å²) in [5.74, 6) is 0.104. The van der Waals surface area contributed by atoms with Crippen molar-refractivity contribution in [3.63, 3.8) is 0 Å². The third-order valence-corrected chi connectivity index (χ3v) is 3.42. The first-order valence-electron chi connectivity index (χ1n) is 5.59. The highest BCUT2D eigenvalue weighted by atomic mass is 32.1. The average Bonchev–Trinajstić information content (AvgIpc) is 2.69. The van der Waals surface area contributed by atoms with E-state index in [0.29, 0.717) is 16.5 Å². The molecule has 0 aromatic carbocycles. The van der Waals surface area contributed by atoms with Crippen LogP contribution in [0.15, 0.2) is 18.3 Å². The number of carbonyl (C=O) groups excluding carboxylic acids is 1. The van der Waals surface area contributed by atoms with Crippen LogP contribution in [0.3, 0.4) is 0 Å². The molecule has 94 valence electrons. The van der Waals surface area contributed by atoms with Gasteiger partial charge in [-0.1, -0.05) is 6.92 Å². The van der Waals surface area contributed by atoms with E-state index in [0.717, 1.165) is 17.0 Å². The van der Waals surface area contributed by atoms with Crippen LogP contribution in [-0.4, -0.2) is 15.9 Å². The fourth-order valence-electron chi connectivity index (χ4n) is 1.57. The van der Waals surface area contributed by atoms with Gasteiger partial charge in [0.15, 0.2) is 5.13 Å². The second-order valence-electron chi connectivity index (χ2n) is 3.80. The van der Waals surface area contributed by atoms with Gasteiger partial charge in [0.25, 0.3) is 5.91 Å². The van der Waals surface area contributed by atoms with Crippen LogP contribution < -0.4 is 11.1 Å². The number of anilines is 2. The summed E-state index contributed by atoms with van der Waals surface area (Å²) in [7, 11) is 0. The summed E-state index contributed by atoms with van der Waals surface area (Å²) in [6.45, 7) is 4.04. The summed E-state index contributed by atoms with van der Waals surface area (Å²) in [5, 5.41) is 3.38. The molecule has 0 bridgehead atoms. The van der Waals surface area contributed by atoms with E-state index in [1.165, 1.54) is 23.6 Å². The van der Waals surface area contributed by atoms with E-state index in [9.17, 15) is 4.79 Å². The number of pyridine rings is 1. The maximum atomic E-state index is 11.9. The highest BCUT2D eigenvalue weighted by molar-refractivity contribution is 7.15. The zero-order valence-electron chi connectivity index (χ0n) is 10.2. The SMILES string of the molecule is CCc1nc(NC(=O)c2ccnc(N)c2)sc1C. The molecule has 3 N–H and O–H groups in total. The number of aromatic nitrogens is 2. The number of nitrogens with one attached hydrogen (secondary N) is 1. The molecule has 0 aliphatic heterocycles. The van der Waals surface area contributed by atoms with E-state index in [-0.39, 0.29) is 5.91 Å². The summed E-state index contributed by atoms with van der Waals surface area (Å²) in [6, 6.07) is 3.16. The fraction of sp³-hybridized carbons (Fsp3) is 0.250. The molecule has 0 unspecified atom stereocenters. The number of carbonyl (C=O) groups is 1. The molecule has 2 rings (SSSR count). The van der Waals surface area contributed by atoms with Gasteiger partial charge in [-0.3, -0.25) is 10.1 Å². The minimum Gasteiger partial charge on any atom is -0.384 e.